The molecule has 0 saturated carbocycles. The van der Waals surface area contributed by atoms with Crippen LogP contribution in [0.2, 0.25) is 0 Å². The normalized spacial score (nSPS) is 15.4. The predicted octanol–water partition coefficient (Wildman–Crippen LogP) is 3.22. The van der Waals surface area contributed by atoms with Gasteiger partial charge in [0, 0.05) is 24.4 Å². The first-order chi connectivity index (χ1) is 8.26. The molecule has 0 bridgehead atoms. The third kappa shape index (κ3) is 2.34. The van der Waals surface area contributed by atoms with Crippen LogP contribution < -0.4 is 4.90 Å². The lowest BCUT2D eigenvalue weighted by atomic mass is 10.0. The summed E-state index contributed by atoms with van der Waals surface area (Å²) < 4.78 is 0. The third-order valence-electron chi connectivity index (χ3n) is 3.37. The predicted molar refractivity (Wildman–Crippen MR) is 71.1 cm³/mol. The molecular formula is C15H18N2. The molecule has 1 aliphatic heterocycles. The molecule has 0 aromatic heterocycles. The van der Waals surface area contributed by atoms with Crippen LogP contribution in [-0.2, 0) is 6.42 Å². The highest BCUT2D eigenvalue weighted by molar-refractivity contribution is 5.60. The van der Waals surface area contributed by atoms with Crippen LogP contribution in [0.15, 0.2) is 29.8 Å². The lowest BCUT2D eigenvalue weighted by Crippen LogP contribution is -2.29. The van der Waals surface area contributed by atoms with Crippen molar-refractivity contribution in [1.82, 2.24) is 0 Å². The van der Waals surface area contributed by atoms with Gasteiger partial charge in [-0.25, -0.2) is 0 Å². The lowest BCUT2D eigenvalue weighted by molar-refractivity contribution is 0.793. The van der Waals surface area contributed by atoms with E-state index in [0.29, 0.717) is 0 Å². The molecule has 0 fully saturated rings. The largest absolute Gasteiger partial charge is 0.367 e. The summed E-state index contributed by atoms with van der Waals surface area (Å²) in [6.07, 6.45) is 3.98. The molecule has 2 rings (SSSR count). The van der Waals surface area contributed by atoms with Gasteiger partial charge in [0.15, 0.2) is 0 Å². The first-order valence-electron chi connectivity index (χ1n) is 6.18. The number of hydrogen-bond acceptors (Lipinski definition) is 2. The van der Waals surface area contributed by atoms with Crippen molar-refractivity contribution in [2.45, 2.75) is 26.7 Å². The number of nitriles is 1. The van der Waals surface area contributed by atoms with E-state index in [1.54, 1.807) is 0 Å². The first kappa shape index (κ1) is 11.7. The summed E-state index contributed by atoms with van der Waals surface area (Å²) >= 11 is 0. The van der Waals surface area contributed by atoms with Crippen LogP contribution in [0.5, 0.6) is 0 Å². The Morgan fingerprint density at radius 3 is 2.82 bits per heavy atom. The van der Waals surface area contributed by atoms with E-state index in [0.717, 1.165) is 31.5 Å². The Balaban J connectivity index is 2.30. The van der Waals surface area contributed by atoms with E-state index in [9.17, 15) is 0 Å². The minimum atomic E-state index is 0.862. The number of para-hydroxylation sites is 1. The Kier molecular flexibility index (Phi) is 3.49. The maximum absolute atomic E-state index is 8.87. The monoisotopic (exact) mass is 226 g/mol. The van der Waals surface area contributed by atoms with Gasteiger partial charge in [0.2, 0.25) is 0 Å². The molecule has 0 unspecified atom stereocenters. The highest BCUT2D eigenvalue weighted by Gasteiger charge is 2.16. The van der Waals surface area contributed by atoms with Crippen LogP contribution in [0.25, 0.3) is 0 Å². The Morgan fingerprint density at radius 2 is 2.24 bits per heavy atom. The van der Waals surface area contributed by atoms with Crippen LogP contribution in [0.1, 0.15) is 24.5 Å². The van der Waals surface area contributed by atoms with Crippen molar-refractivity contribution in [2.75, 3.05) is 18.0 Å². The fraction of sp³-hybridized carbons (Fsp3) is 0.400. The molecule has 1 heterocycles. The van der Waals surface area contributed by atoms with Crippen molar-refractivity contribution >= 4 is 5.69 Å². The van der Waals surface area contributed by atoms with Crippen LogP contribution in [0.4, 0.5) is 5.69 Å². The van der Waals surface area contributed by atoms with Gasteiger partial charge < -0.3 is 4.90 Å². The smallest absolute Gasteiger partial charge is 0.0945 e. The Bertz CT molecular complexity index is 480. The molecule has 2 heteroatoms. The highest BCUT2D eigenvalue weighted by Crippen LogP contribution is 2.28. The van der Waals surface area contributed by atoms with Gasteiger partial charge in [-0.2, -0.15) is 5.26 Å². The summed E-state index contributed by atoms with van der Waals surface area (Å²) in [5.41, 5.74) is 5.02. The van der Waals surface area contributed by atoms with E-state index in [4.69, 9.17) is 5.26 Å². The molecule has 0 N–H and O–H groups in total. The molecule has 1 aliphatic rings. The quantitative estimate of drug-likeness (QED) is 0.774. The van der Waals surface area contributed by atoms with E-state index >= 15 is 0 Å². The second kappa shape index (κ2) is 5.05. The molecule has 0 spiro atoms. The fourth-order valence-electron chi connectivity index (χ4n) is 2.43. The van der Waals surface area contributed by atoms with Crippen LogP contribution in [-0.4, -0.2) is 13.1 Å². The lowest BCUT2D eigenvalue weighted by Gasteiger charge is -2.30. The molecule has 0 atom stereocenters. The standard InChI is InChI=1S/C15H18N2/c1-3-14-6-4-5-12(2)15(14)17-9-7-13(11-16)8-10-17/h4-7H,3,8-10H2,1-2H3. The Hall–Kier alpha value is -1.75. The molecule has 0 amide bonds. The van der Waals surface area contributed by atoms with Gasteiger partial charge in [-0.3, -0.25) is 0 Å². The van der Waals surface area contributed by atoms with Crippen molar-refractivity contribution in [3.05, 3.63) is 41.0 Å². The second-order valence-electron chi connectivity index (χ2n) is 4.47. The van der Waals surface area contributed by atoms with Crippen molar-refractivity contribution in [1.29, 1.82) is 5.26 Å². The van der Waals surface area contributed by atoms with Gasteiger partial charge in [-0.1, -0.05) is 31.2 Å². The van der Waals surface area contributed by atoms with Crippen LogP contribution in [0.3, 0.4) is 0 Å². The molecule has 88 valence electrons. The van der Waals surface area contributed by atoms with Gasteiger partial charge in [0.25, 0.3) is 0 Å². The number of aryl methyl sites for hydroxylation is 2. The van der Waals surface area contributed by atoms with Gasteiger partial charge in [0.1, 0.15) is 0 Å². The van der Waals surface area contributed by atoms with Gasteiger partial charge in [-0.05, 0) is 30.9 Å². The highest BCUT2D eigenvalue weighted by atomic mass is 15.1. The van der Waals surface area contributed by atoms with Crippen molar-refractivity contribution in [3.63, 3.8) is 0 Å². The minimum Gasteiger partial charge on any atom is -0.367 e. The molecule has 1 aromatic rings. The fourth-order valence-corrected chi connectivity index (χ4v) is 2.43. The van der Waals surface area contributed by atoms with Crippen molar-refractivity contribution in [3.8, 4) is 6.07 Å². The van der Waals surface area contributed by atoms with E-state index < -0.39 is 0 Å². The number of anilines is 1. The van der Waals surface area contributed by atoms with Gasteiger partial charge in [-0.15, -0.1) is 0 Å². The summed E-state index contributed by atoms with van der Waals surface area (Å²) in [4.78, 5) is 2.38. The average molecular weight is 226 g/mol. The Morgan fingerprint density at radius 1 is 1.41 bits per heavy atom. The topological polar surface area (TPSA) is 27.0 Å². The zero-order valence-electron chi connectivity index (χ0n) is 10.5. The molecule has 0 radical (unpaired) electrons. The van der Waals surface area contributed by atoms with E-state index in [2.05, 4.69) is 49.1 Å². The average Bonchev–Trinajstić information content (AvgIpc) is 2.38. The zero-order chi connectivity index (χ0) is 12.3. The minimum absolute atomic E-state index is 0.862. The summed E-state index contributed by atoms with van der Waals surface area (Å²) in [6, 6.07) is 8.74. The molecule has 1 aromatic carbocycles. The first-order valence-corrected chi connectivity index (χ1v) is 6.18. The van der Waals surface area contributed by atoms with E-state index in [1.165, 1.54) is 16.8 Å². The summed E-state index contributed by atoms with van der Waals surface area (Å²) in [7, 11) is 0. The maximum Gasteiger partial charge on any atom is 0.0945 e. The Labute approximate surface area is 103 Å². The summed E-state index contributed by atoms with van der Waals surface area (Å²) in [6.45, 7) is 6.18. The van der Waals surface area contributed by atoms with Gasteiger partial charge >= 0.3 is 0 Å². The summed E-state index contributed by atoms with van der Waals surface area (Å²) in [5, 5.41) is 8.87. The van der Waals surface area contributed by atoms with E-state index in [1.807, 2.05) is 0 Å². The maximum atomic E-state index is 8.87. The zero-order valence-corrected chi connectivity index (χ0v) is 10.5. The van der Waals surface area contributed by atoms with Gasteiger partial charge in [0.05, 0.1) is 6.07 Å². The van der Waals surface area contributed by atoms with Crippen LogP contribution in [0, 0.1) is 18.3 Å². The number of hydrogen-bond donors (Lipinski definition) is 0. The van der Waals surface area contributed by atoms with Crippen molar-refractivity contribution < 1.29 is 0 Å². The molecule has 0 saturated heterocycles. The summed E-state index contributed by atoms with van der Waals surface area (Å²) in [5.74, 6) is 0. The SMILES string of the molecule is CCc1cccc(C)c1N1CC=C(C#N)CC1. The molecular weight excluding hydrogens is 208 g/mol. The third-order valence-corrected chi connectivity index (χ3v) is 3.37. The van der Waals surface area contributed by atoms with Crippen LogP contribution >= 0.6 is 0 Å². The number of benzene rings is 1. The molecule has 17 heavy (non-hydrogen) atoms. The van der Waals surface area contributed by atoms with E-state index in [-0.39, 0.29) is 0 Å². The number of rotatable bonds is 2. The second-order valence-corrected chi connectivity index (χ2v) is 4.47. The molecule has 2 nitrogen and oxygen atoms in total. The van der Waals surface area contributed by atoms with Crippen molar-refractivity contribution in [2.24, 2.45) is 0 Å². The molecule has 0 aliphatic carbocycles. The number of nitrogens with zero attached hydrogens (tertiary/aromatic N) is 2.